The molecule has 0 aromatic carbocycles. The summed E-state index contributed by atoms with van der Waals surface area (Å²) >= 11 is 1.81. The highest BCUT2D eigenvalue weighted by molar-refractivity contribution is 8.01. The van der Waals surface area contributed by atoms with E-state index in [1.165, 1.54) is 32.1 Å². The van der Waals surface area contributed by atoms with Gasteiger partial charge in [0.1, 0.15) is 0 Å². The van der Waals surface area contributed by atoms with Crippen molar-refractivity contribution in [2.45, 2.75) is 32.1 Å². The highest BCUT2D eigenvalue weighted by Gasteiger charge is 2.08. The first-order valence-corrected chi connectivity index (χ1v) is 5.42. The third-order valence-electron chi connectivity index (χ3n) is 2.14. The molecule has 1 saturated carbocycles. The molecular formula is C9H16S. The molecule has 10 heavy (non-hydrogen) atoms. The zero-order chi connectivity index (χ0) is 7.23. The van der Waals surface area contributed by atoms with Crippen molar-refractivity contribution in [3.63, 3.8) is 0 Å². The van der Waals surface area contributed by atoms with Gasteiger partial charge >= 0.3 is 0 Å². The van der Waals surface area contributed by atoms with Crippen LogP contribution in [-0.2, 0) is 0 Å². The Balaban J connectivity index is 2.19. The van der Waals surface area contributed by atoms with Gasteiger partial charge in [-0.25, -0.2) is 0 Å². The van der Waals surface area contributed by atoms with E-state index in [4.69, 9.17) is 0 Å². The van der Waals surface area contributed by atoms with E-state index in [1.807, 2.05) is 11.8 Å². The van der Waals surface area contributed by atoms with E-state index in [0.29, 0.717) is 0 Å². The molecule has 1 heteroatoms. The first-order chi connectivity index (χ1) is 4.93. The average molecular weight is 156 g/mol. The van der Waals surface area contributed by atoms with Crippen LogP contribution in [0, 0.1) is 5.92 Å². The van der Waals surface area contributed by atoms with E-state index >= 15 is 0 Å². The monoisotopic (exact) mass is 156 g/mol. The largest absolute Gasteiger partial charge is 0.138 e. The third kappa shape index (κ3) is 2.78. The average Bonchev–Trinajstić information content (AvgIpc) is 2.03. The number of thioether (sulfide) groups is 1. The van der Waals surface area contributed by atoms with Gasteiger partial charge in [0.15, 0.2) is 0 Å². The van der Waals surface area contributed by atoms with E-state index < -0.39 is 0 Å². The van der Waals surface area contributed by atoms with Crippen molar-refractivity contribution < 1.29 is 0 Å². The van der Waals surface area contributed by atoms with Gasteiger partial charge in [-0.15, -0.1) is 11.8 Å². The van der Waals surface area contributed by atoms with Crippen molar-refractivity contribution in [3.05, 3.63) is 11.5 Å². The highest BCUT2D eigenvalue weighted by Crippen LogP contribution is 2.24. The van der Waals surface area contributed by atoms with Crippen LogP contribution < -0.4 is 0 Å². The Morgan fingerprint density at radius 1 is 1.20 bits per heavy atom. The molecule has 1 rings (SSSR count). The van der Waals surface area contributed by atoms with E-state index in [2.05, 4.69) is 17.7 Å². The Morgan fingerprint density at radius 2 is 1.90 bits per heavy atom. The fourth-order valence-corrected chi connectivity index (χ4v) is 1.90. The molecule has 0 saturated heterocycles. The normalized spacial score (nSPS) is 22.1. The minimum atomic E-state index is 0.904. The molecule has 1 aliphatic rings. The molecule has 0 spiro atoms. The van der Waals surface area contributed by atoms with Crippen LogP contribution in [0.4, 0.5) is 0 Å². The fraction of sp³-hybridized carbons (Fsp3) is 0.778. The predicted octanol–water partition coefficient (Wildman–Crippen LogP) is 3.44. The van der Waals surface area contributed by atoms with Crippen LogP contribution in [-0.4, -0.2) is 6.26 Å². The molecule has 0 aliphatic heterocycles. The second-order valence-electron chi connectivity index (χ2n) is 2.96. The summed E-state index contributed by atoms with van der Waals surface area (Å²) in [5, 5.41) is 2.23. The molecule has 0 unspecified atom stereocenters. The van der Waals surface area contributed by atoms with Crippen molar-refractivity contribution in [1.82, 2.24) is 0 Å². The molecule has 0 N–H and O–H groups in total. The van der Waals surface area contributed by atoms with Crippen molar-refractivity contribution in [3.8, 4) is 0 Å². The molecule has 58 valence electrons. The lowest BCUT2D eigenvalue weighted by molar-refractivity contribution is 0.420. The number of rotatable bonds is 2. The van der Waals surface area contributed by atoms with Crippen LogP contribution in [0.5, 0.6) is 0 Å². The van der Waals surface area contributed by atoms with Crippen molar-refractivity contribution in [2.24, 2.45) is 5.92 Å². The van der Waals surface area contributed by atoms with Gasteiger partial charge in [0.05, 0.1) is 0 Å². The molecule has 0 atom stereocenters. The number of hydrogen-bond donors (Lipinski definition) is 0. The molecule has 0 amide bonds. The van der Waals surface area contributed by atoms with Gasteiger partial charge in [0.2, 0.25) is 0 Å². The molecule has 0 aromatic heterocycles. The quantitative estimate of drug-likeness (QED) is 0.590. The van der Waals surface area contributed by atoms with Gasteiger partial charge in [-0.1, -0.05) is 25.3 Å². The lowest BCUT2D eigenvalue weighted by atomic mass is 9.90. The fourth-order valence-electron chi connectivity index (χ4n) is 1.52. The standard InChI is InChI=1S/C9H16S/c1-10-8-7-9-5-3-2-4-6-9/h7-9H,2-6H2,1H3/b8-7+. The Hall–Kier alpha value is 0.0900. The molecule has 0 heterocycles. The van der Waals surface area contributed by atoms with E-state index in [0.717, 1.165) is 5.92 Å². The number of allylic oxidation sites excluding steroid dienone is 1. The van der Waals surface area contributed by atoms with Crippen molar-refractivity contribution >= 4 is 11.8 Å². The zero-order valence-electron chi connectivity index (χ0n) is 6.68. The Bertz CT molecular complexity index is 101. The van der Waals surface area contributed by atoms with Crippen LogP contribution in [0.25, 0.3) is 0 Å². The summed E-state index contributed by atoms with van der Waals surface area (Å²) < 4.78 is 0. The maximum atomic E-state index is 2.38. The summed E-state index contributed by atoms with van der Waals surface area (Å²) in [6.07, 6.45) is 11.7. The molecule has 0 nitrogen and oxygen atoms in total. The zero-order valence-corrected chi connectivity index (χ0v) is 7.49. The van der Waals surface area contributed by atoms with Gasteiger partial charge in [-0.05, 0) is 30.4 Å². The van der Waals surface area contributed by atoms with Crippen molar-refractivity contribution in [2.75, 3.05) is 6.26 Å². The summed E-state index contributed by atoms with van der Waals surface area (Å²) in [5.74, 6) is 0.904. The maximum Gasteiger partial charge on any atom is -0.0142 e. The Labute approximate surface area is 68.1 Å². The summed E-state index contributed by atoms with van der Waals surface area (Å²) in [6.45, 7) is 0. The van der Waals surface area contributed by atoms with Gasteiger partial charge in [-0.2, -0.15) is 0 Å². The van der Waals surface area contributed by atoms with Gasteiger partial charge in [0, 0.05) is 0 Å². The Morgan fingerprint density at radius 3 is 2.50 bits per heavy atom. The van der Waals surface area contributed by atoms with Crippen LogP contribution in [0.3, 0.4) is 0 Å². The van der Waals surface area contributed by atoms with E-state index in [9.17, 15) is 0 Å². The van der Waals surface area contributed by atoms with Gasteiger partial charge in [-0.3, -0.25) is 0 Å². The molecule has 0 bridgehead atoms. The summed E-state index contributed by atoms with van der Waals surface area (Å²) in [5.41, 5.74) is 0. The Kier molecular flexibility index (Phi) is 3.96. The summed E-state index contributed by atoms with van der Waals surface area (Å²) in [7, 11) is 0. The topological polar surface area (TPSA) is 0 Å². The van der Waals surface area contributed by atoms with Gasteiger partial charge < -0.3 is 0 Å². The SMILES string of the molecule is CS/C=C/C1CCCCC1. The molecule has 1 fully saturated rings. The first-order valence-electron chi connectivity index (χ1n) is 4.13. The van der Waals surface area contributed by atoms with Crippen LogP contribution in [0.1, 0.15) is 32.1 Å². The van der Waals surface area contributed by atoms with Gasteiger partial charge in [0.25, 0.3) is 0 Å². The summed E-state index contributed by atoms with van der Waals surface area (Å²) in [6, 6.07) is 0. The van der Waals surface area contributed by atoms with Crippen LogP contribution in [0.15, 0.2) is 11.5 Å². The lowest BCUT2D eigenvalue weighted by Gasteiger charge is -2.17. The minimum Gasteiger partial charge on any atom is -0.138 e. The smallest absolute Gasteiger partial charge is 0.0142 e. The van der Waals surface area contributed by atoms with E-state index in [1.54, 1.807) is 0 Å². The molecular weight excluding hydrogens is 140 g/mol. The second kappa shape index (κ2) is 4.84. The number of hydrogen-bond acceptors (Lipinski definition) is 1. The lowest BCUT2D eigenvalue weighted by Crippen LogP contribution is -2.01. The predicted molar refractivity (Wildman–Crippen MR) is 49.2 cm³/mol. The molecule has 1 aliphatic carbocycles. The van der Waals surface area contributed by atoms with E-state index in [-0.39, 0.29) is 0 Å². The first kappa shape index (κ1) is 8.19. The maximum absolute atomic E-state index is 2.38. The highest BCUT2D eigenvalue weighted by atomic mass is 32.2. The minimum absolute atomic E-state index is 0.904. The summed E-state index contributed by atoms with van der Waals surface area (Å²) in [4.78, 5) is 0. The second-order valence-corrected chi connectivity index (χ2v) is 3.71. The van der Waals surface area contributed by atoms with Crippen LogP contribution >= 0.6 is 11.8 Å². The van der Waals surface area contributed by atoms with Crippen molar-refractivity contribution in [1.29, 1.82) is 0 Å². The third-order valence-corrected chi connectivity index (χ3v) is 2.57. The molecule has 0 aromatic rings. The van der Waals surface area contributed by atoms with Crippen LogP contribution in [0.2, 0.25) is 0 Å². The molecule has 0 radical (unpaired) electrons.